The Balaban J connectivity index is 1.63. The number of benzene rings is 1. The molecular formula is C14H15ClN4O. The fourth-order valence-electron chi connectivity index (χ4n) is 2.52. The molecule has 1 aromatic carbocycles. The van der Waals surface area contributed by atoms with Crippen molar-refractivity contribution in [1.82, 2.24) is 19.9 Å². The largest absolute Gasteiger partial charge is 0.338 e. The van der Waals surface area contributed by atoms with Gasteiger partial charge in [-0.25, -0.2) is 4.68 Å². The van der Waals surface area contributed by atoms with Gasteiger partial charge in [0.15, 0.2) is 0 Å². The Morgan fingerprint density at radius 1 is 1.20 bits per heavy atom. The molecule has 104 valence electrons. The number of halogens is 1. The second kappa shape index (κ2) is 5.63. The van der Waals surface area contributed by atoms with E-state index in [0.29, 0.717) is 16.6 Å². The monoisotopic (exact) mass is 290 g/mol. The van der Waals surface area contributed by atoms with Crippen molar-refractivity contribution in [3.8, 4) is 0 Å². The third kappa shape index (κ3) is 2.67. The summed E-state index contributed by atoms with van der Waals surface area (Å²) in [5.74, 6) is 0.0682. The molecule has 3 rings (SSSR count). The molecule has 0 atom stereocenters. The first kappa shape index (κ1) is 13.1. The van der Waals surface area contributed by atoms with E-state index in [1.165, 1.54) is 0 Å². The van der Waals surface area contributed by atoms with Gasteiger partial charge in [-0.1, -0.05) is 16.8 Å². The highest BCUT2D eigenvalue weighted by atomic mass is 35.5. The Morgan fingerprint density at radius 2 is 1.90 bits per heavy atom. The van der Waals surface area contributed by atoms with Crippen molar-refractivity contribution in [3.63, 3.8) is 0 Å². The van der Waals surface area contributed by atoms with E-state index >= 15 is 0 Å². The average molecular weight is 291 g/mol. The summed E-state index contributed by atoms with van der Waals surface area (Å²) in [6, 6.07) is 7.38. The number of carbonyl (C=O) groups is 1. The van der Waals surface area contributed by atoms with Crippen LogP contribution in [0.4, 0.5) is 0 Å². The highest BCUT2D eigenvalue weighted by Gasteiger charge is 2.24. The first-order valence-electron chi connectivity index (χ1n) is 6.64. The molecule has 1 amide bonds. The van der Waals surface area contributed by atoms with Gasteiger partial charge in [-0.2, -0.15) is 0 Å². The summed E-state index contributed by atoms with van der Waals surface area (Å²) in [4.78, 5) is 14.2. The van der Waals surface area contributed by atoms with Gasteiger partial charge in [0.05, 0.1) is 12.2 Å². The van der Waals surface area contributed by atoms with Crippen LogP contribution in [-0.2, 0) is 0 Å². The van der Waals surface area contributed by atoms with Crippen molar-refractivity contribution in [2.45, 2.75) is 18.9 Å². The Morgan fingerprint density at radius 3 is 2.50 bits per heavy atom. The molecule has 1 fully saturated rings. The van der Waals surface area contributed by atoms with Gasteiger partial charge in [0, 0.05) is 29.9 Å². The first-order valence-corrected chi connectivity index (χ1v) is 7.02. The van der Waals surface area contributed by atoms with Crippen LogP contribution in [0.25, 0.3) is 0 Å². The quantitative estimate of drug-likeness (QED) is 0.853. The second-order valence-corrected chi connectivity index (χ2v) is 5.35. The van der Waals surface area contributed by atoms with Crippen molar-refractivity contribution in [2.75, 3.05) is 13.1 Å². The van der Waals surface area contributed by atoms with Crippen molar-refractivity contribution < 1.29 is 4.79 Å². The summed E-state index contributed by atoms with van der Waals surface area (Å²) in [5.41, 5.74) is 0.689. The molecule has 1 aliphatic rings. The summed E-state index contributed by atoms with van der Waals surface area (Å²) in [7, 11) is 0. The van der Waals surface area contributed by atoms with Crippen LogP contribution in [0.2, 0.25) is 5.02 Å². The predicted molar refractivity (Wildman–Crippen MR) is 75.6 cm³/mol. The average Bonchev–Trinajstić information content (AvgIpc) is 3.02. The minimum atomic E-state index is 0.0682. The lowest BCUT2D eigenvalue weighted by Crippen LogP contribution is -2.39. The van der Waals surface area contributed by atoms with Crippen molar-refractivity contribution >= 4 is 17.5 Å². The Hall–Kier alpha value is -1.88. The fourth-order valence-corrected chi connectivity index (χ4v) is 2.65. The molecule has 2 heterocycles. The van der Waals surface area contributed by atoms with Crippen molar-refractivity contribution in [2.24, 2.45) is 0 Å². The smallest absolute Gasteiger partial charge is 0.253 e. The molecule has 20 heavy (non-hydrogen) atoms. The number of likely N-dealkylation sites (tertiary alicyclic amines) is 1. The van der Waals surface area contributed by atoms with E-state index in [1.54, 1.807) is 30.5 Å². The van der Waals surface area contributed by atoms with E-state index in [0.717, 1.165) is 25.9 Å². The van der Waals surface area contributed by atoms with Crippen LogP contribution in [0.15, 0.2) is 36.7 Å². The van der Waals surface area contributed by atoms with Gasteiger partial charge in [-0.15, -0.1) is 5.10 Å². The van der Waals surface area contributed by atoms with Gasteiger partial charge in [0.25, 0.3) is 5.91 Å². The minimum Gasteiger partial charge on any atom is -0.338 e. The maximum atomic E-state index is 12.4. The Bertz CT molecular complexity index is 574. The zero-order chi connectivity index (χ0) is 13.9. The maximum Gasteiger partial charge on any atom is 0.253 e. The fraction of sp³-hybridized carbons (Fsp3) is 0.357. The minimum absolute atomic E-state index is 0.0682. The zero-order valence-corrected chi connectivity index (χ0v) is 11.7. The molecular weight excluding hydrogens is 276 g/mol. The Kier molecular flexibility index (Phi) is 3.69. The molecule has 0 unspecified atom stereocenters. The lowest BCUT2D eigenvalue weighted by atomic mass is 10.0. The summed E-state index contributed by atoms with van der Waals surface area (Å²) < 4.78 is 1.88. The molecule has 2 aromatic rings. The van der Waals surface area contributed by atoms with Crippen molar-refractivity contribution in [3.05, 3.63) is 47.2 Å². The molecule has 5 nitrogen and oxygen atoms in total. The summed E-state index contributed by atoms with van der Waals surface area (Å²) in [6.07, 6.45) is 5.37. The van der Waals surface area contributed by atoms with Crippen LogP contribution >= 0.6 is 11.6 Å². The summed E-state index contributed by atoms with van der Waals surface area (Å²) in [6.45, 7) is 1.48. The highest BCUT2D eigenvalue weighted by molar-refractivity contribution is 6.30. The Labute approximate surface area is 122 Å². The van der Waals surface area contributed by atoms with Crippen molar-refractivity contribution in [1.29, 1.82) is 0 Å². The van der Waals surface area contributed by atoms with E-state index in [9.17, 15) is 4.79 Å². The number of aromatic nitrogens is 3. The third-order valence-electron chi connectivity index (χ3n) is 3.66. The summed E-state index contributed by atoms with van der Waals surface area (Å²) in [5, 5.41) is 8.50. The number of nitrogens with zero attached hydrogens (tertiary/aromatic N) is 4. The lowest BCUT2D eigenvalue weighted by Gasteiger charge is -2.31. The normalized spacial score (nSPS) is 16.4. The molecule has 1 saturated heterocycles. The van der Waals surface area contributed by atoms with E-state index < -0.39 is 0 Å². The lowest BCUT2D eigenvalue weighted by molar-refractivity contribution is 0.0689. The number of amides is 1. The van der Waals surface area contributed by atoms with E-state index in [-0.39, 0.29) is 5.91 Å². The molecule has 0 N–H and O–H groups in total. The molecule has 0 bridgehead atoms. The molecule has 6 heteroatoms. The molecule has 0 aliphatic carbocycles. The number of carbonyl (C=O) groups excluding carboxylic acids is 1. The third-order valence-corrected chi connectivity index (χ3v) is 3.91. The van der Waals surface area contributed by atoms with Crippen LogP contribution in [-0.4, -0.2) is 38.9 Å². The predicted octanol–water partition coefficient (Wildman–Crippen LogP) is 2.41. The topological polar surface area (TPSA) is 51.0 Å². The molecule has 0 saturated carbocycles. The van der Waals surface area contributed by atoms with Crippen LogP contribution in [0.1, 0.15) is 29.2 Å². The number of hydrogen-bond acceptors (Lipinski definition) is 3. The van der Waals surface area contributed by atoms with E-state index in [4.69, 9.17) is 11.6 Å². The number of rotatable bonds is 2. The molecule has 0 spiro atoms. The first-order chi connectivity index (χ1) is 9.74. The second-order valence-electron chi connectivity index (χ2n) is 4.91. The zero-order valence-electron chi connectivity index (χ0n) is 10.9. The van der Waals surface area contributed by atoms with E-state index in [1.807, 2.05) is 15.8 Å². The summed E-state index contributed by atoms with van der Waals surface area (Å²) >= 11 is 5.84. The van der Waals surface area contributed by atoms with Gasteiger partial charge in [-0.3, -0.25) is 4.79 Å². The molecule has 1 aromatic heterocycles. The van der Waals surface area contributed by atoms with Crippen LogP contribution in [0, 0.1) is 0 Å². The molecule has 0 radical (unpaired) electrons. The standard InChI is InChI=1S/C14H15ClN4O/c15-12-3-1-11(2-4-12)14(20)18-8-5-13(6-9-18)19-10-7-16-17-19/h1-4,7,10,13H,5-6,8-9H2. The van der Waals surface area contributed by atoms with Crippen LogP contribution < -0.4 is 0 Å². The van der Waals surface area contributed by atoms with Crippen LogP contribution in [0.3, 0.4) is 0 Å². The van der Waals surface area contributed by atoms with Gasteiger partial charge in [0.1, 0.15) is 0 Å². The van der Waals surface area contributed by atoms with Crippen LogP contribution in [0.5, 0.6) is 0 Å². The van der Waals surface area contributed by atoms with Gasteiger partial charge < -0.3 is 4.90 Å². The van der Waals surface area contributed by atoms with Gasteiger partial charge >= 0.3 is 0 Å². The molecule has 1 aliphatic heterocycles. The number of hydrogen-bond donors (Lipinski definition) is 0. The number of piperidine rings is 1. The van der Waals surface area contributed by atoms with E-state index in [2.05, 4.69) is 10.3 Å². The highest BCUT2D eigenvalue weighted by Crippen LogP contribution is 2.22. The SMILES string of the molecule is O=C(c1ccc(Cl)cc1)N1CCC(n2ccnn2)CC1. The van der Waals surface area contributed by atoms with Gasteiger partial charge in [0.2, 0.25) is 0 Å². The van der Waals surface area contributed by atoms with Gasteiger partial charge in [-0.05, 0) is 37.1 Å². The maximum absolute atomic E-state index is 12.4.